The topological polar surface area (TPSA) is 18.5 Å². The lowest BCUT2D eigenvalue weighted by Crippen LogP contribution is -2.55. The maximum absolute atomic E-state index is 5.92. The van der Waals surface area contributed by atoms with Gasteiger partial charge in [0.05, 0.1) is 10.0 Å². The zero-order valence-corrected chi connectivity index (χ0v) is 9.74. The minimum atomic E-state index is -2.37. The van der Waals surface area contributed by atoms with Crippen LogP contribution in [-0.2, 0) is 8.85 Å². The van der Waals surface area contributed by atoms with E-state index in [1.165, 1.54) is 0 Å². The molecule has 0 aliphatic heterocycles. The largest absolute Gasteiger partial charge is 0.396 e. The molecule has 0 saturated carbocycles. The van der Waals surface area contributed by atoms with Crippen LogP contribution in [0, 0.1) is 0 Å². The van der Waals surface area contributed by atoms with Crippen molar-refractivity contribution in [2.45, 2.75) is 23.8 Å². The minimum absolute atomic E-state index is 0.148. The highest BCUT2D eigenvalue weighted by Crippen LogP contribution is 2.23. The van der Waals surface area contributed by atoms with Gasteiger partial charge in [0.2, 0.25) is 0 Å². The molecule has 0 fully saturated rings. The van der Waals surface area contributed by atoms with Gasteiger partial charge in [0.1, 0.15) is 0 Å². The van der Waals surface area contributed by atoms with Crippen LogP contribution in [0.2, 0.25) is 0 Å². The first-order valence-electron chi connectivity index (χ1n) is 3.39. The van der Waals surface area contributed by atoms with Gasteiger partial charge in [-0.1, -0.05) is 0 Å². The van der Waals surface area contributed by atoms with E-state index in [1.807, 2.05) is 13.8 Å². The van der Waals surface area contributed by atoms with Crippen molar-refractivity contribution in [2.75, 3.05) is 14.2 Å². The monoisotopic (exact) mass is 216 g/mol. The summed E-state index contributed by atoms with van der Waals surface area (Å²) < 4.78 is 10.5. The van der Waals surface area contributed by atoms with E-state index in [1.54, 1.807) is 14.2 Å². The summed E-state index contributed by atoms with van der Waals surface area (Å²) >= 11 is 11.8. The summed E-state index contributed by atoms with van der Waals surface area (Å²) in [5.74, 6) is 0. The molecule has 0 aliphatic rings. The molecule has 5 heteroatoms. The summed E-state index contributed by atoms with van der Waals surface area (Å²) in [6, 6.07) is 0. The van der Waals surface area contributed by atoms with E-state index in [0.717, 1.165) is 0 Å². The quantitative estimate of drug-likeness (QED) is 0.530. The molecule has 0 spiro atoms. The highest BCUT2D eigenvalue weighted by atomic mass is 35.5. The van der Waals surface area contributed by atoms with Crippen LogP contribution in [0.4, 0.5) is 0 Å². The second-order valence-electron chi connectivity index (χ2n) is 2.36. The first kappa shape index (κ1) is 11.7. The molecule has 2 unspecified atom stereocenters. The molecule has 0 rings (SSSR count). The van der Waals surface area contributed by atoms with E-state index < -0.39 is 8.56 Å². The van der Waals surface area contributed by atoms with E-state index in [9.17, 15) is 0 Å². The fourth-order valence-electron chi connectivity index (χ4n) is 1.05. The van der Waals surface area contributed by atoms with Gasteiger partial charge in [-0.2, -0.15) is 0 Å². The molecule has 0 aromatic rings. The van der Waals surface area contributed by atoms with Crippen LogP contribution in [0.15, 0.2) is 0 Å². The minimum Gasteiger partial charge on any atom is -0.396 e. The number of hydrogen-bond donors (Lipinski definition) is 0. The Balaban J connectivity index is 4.46. The standard InChI is InChI=1S/C6H14Cl2O2Si/c1-5(7)11(9-3,10-4)6(2)8/h5-6H,1-4H3. The van der Waals surface area contributed by atoms with Gasteiger partial charge >= 0.3 is 8.56 Å². The first-order chi connectivity index (χ1) is 5.01. The van der Waals surface area contributed by atoms with Crippen molar-refractivity contribution < 1.29 is 8.85 Å². The van der Waals surface area contributed by atoms with Crippen LogP contribution < -0.4 is 0 Å². The van der Waals surface area contributed by atoms with Gasteiger partial charge in [-0.3, -0.25) is 0 Å². The fourth-order valence-corrected chi connectivity index (χ4v) is 5.54. The Kier molecular flexibility index (Phi) is 4.98. The van der Waals surface area contributed by atoms with Crippen LogP contribution in [0.5, 0.6) is 0 Å². The second kappa shape index (κ2) is 4.67. The van der Waals surface area contributed by atoms with Crippen molar-refractivity contribution in [2.24, 2.45) is 0 Å². The molecule has 0 bridgehead atoms. The third-order valence-electron chi connectivity index (χ3n) is 1.75. The van der Waals surface area contributed by atoms with Crippen LogP contribution in [0.3, 0.4) is 0 Å². The number of hydrogen-bond acceptors (Lipinski definition) is 2. The van der Waals surface area contributed by atoms with Crippen molar-refractivity contribution in [3.63, 3.8) is 0 Å². The molecule has 2 nitrogen and oxygen atoms in total. The van der Waals surface area contributed by atoms with Gasteiger partial charge in [0, 0.05) is 14.2 Å². The summed E-state index contributed by atoms with van der Waals surface area (Å²) in [6.07, 6.45) is 0. The van der Waals surface area contributed by atoms with Crippen molar-refractivity contribution in [1.29, 1.82) is 0 Å². The lowest BCUT2D eigenvalue weighted by Gasteiger charge is -2.31. The van der Waals surface area contributed by atoms with Crippen molar-refractivity contribution in [3.8, 4) is 0 Å². The predicted octanol–water partition coefficient (Wildman–Crippen LogP) is 2.05. The maximum atomic E-state index is 5.92. The first-order valence-corrected chi connectivity index (χ1v) is 6.24. The molecule has 2 atom stereocenters. The molecular weight excluding hydrogens is 203 g/mol. The summed E-state index contributed by atoms with van der Waals surface area (Å²) in [5.41, 5.74) is 0. The fraction of sp³-hybridized carbons (Fsp3) is 1.00. The normalized spacial score (nSPS) is 18.0. The zero-order chi connectivity index (χ0) is 9.07. The smallest absolute Gasteiger partial charge is 0.374 e. The van der Waals surface area contributed by atoms with Crippen LogP contribution in [0.25, 0.3) is 0 Å². The summed E-state index contributed by atoms with van der Waals surface area (Å²) in [5, 5.41) is -0.296. The van der Waals surface area contributed by atoms with E-state index in [4.69, 9.17) is 32.1 Å². The average molecular weight is 217 g/mol. The van der Waals surface area contributed by atoms with Crippen molar-refractivity contribution in [3.05, 3.63) is 0 Å². The molecule has 0 aromatic carbocycles. The molecule has 0 aromatic heterocycles. The summed E-state index contributed by atoms with van der Waals surface area (Å²) in [6.45, 7) is 3.69. The highest BCUT2D eigenvalue weighted by molar-refractivity contribution is 6.83. The van der Waals surface area contributed by atoms with E-state index >= 15 is 0 Å². The lowest BCUT2D eigenvalue weighted by atomic mass is 10.9. The Morgan fingerprint density at radius 2 is 1.27 bits per heavy atom. The van der Waals surface area contributed by atoms with Gasteiger partial charge in [0.15, 0.2) is 0 Å². The number of rotatable bonds is 4. The predicted molar refractivity (Wildman–Crippen MR) is 50.4 cm³/mol. The summed E-state index contributed by atoms with van der Waals surface area (Å²) in [4.78, 5) is 0. The Morgan fingerprint density at radius 1 is 1.00 bits per heavy atom. The molecule has 0 aliphatic carbocycles. The number of alkyl halides is 2. The van der Waals surface area contributed by atoms with Crippen LogP contribution in [-0.4, -0.2) is 32.8 Å². The maximum Gasteiger partial charge on any atom is 0.374 e. The van der Waals surface area contributed by atoms with E-state index in [2.05, 4.69) is 0 Å². The third kappa shape index (κ3) is 2.32. The van der Waals surface area contributed by atoms with Gasteiger partial charge in [0.25, 0.3) is 0 Å². The molecule has 0 heterocycles. The molecule has 0 radical (unpaired) electrons. The molecule has 0 amide bonds. The third-order valence-corrected chi connectivity index (χ3v) is 7.07. The van der Waals surface area contributed by atoms with Crippen molar-refractivity contribution in [1.82, 2.24) is 0 Å². The van der Waals surface area contributed by atoms with Gasteiger partial charge < -0.3 is 8.85 Å². The SMILES string of the molecule is CO[Si](OC)(C(C)Cl)C(C)Cl. The highest BCUT2D eigenvalue weighted by Gasteiger charge is 2.46. The molecule has 68 valence electrons. The van der Waals surface area contributed by atoms with Gasteiger partial charge in [-0.05, 0) is 13.8 Å². The van der Waals surface area contributed by atoms with Gasteiger partial charge in [-0.15, -0.1) is 23.2 Å². The van der Waals surface area contributed by atoms with Crippen molar-refractivity contribution >= 4 is 31.8 Å². The summed E-state index contributed by atoms with van der Waals surface area (Å²) in [7, 11) is 0.814. The molecular formula is C6H14Cl2O2Si. The number of halogens is 2. The average Bonchev–Trinajstić information content (AvgIpc) is 1.90. The van der Waals surface area contributed by atoms with Gasteiger partial charge in [-0.25, -0.2) is 0 Å². The molecule has 11 heavy (non-hydrogen) atoms. The second-order valence-corrected chi connectivity index (χ2v) is 8.39. The van der Waals surface area contributed by atoms with E-state index in [-0.39, 0.29) is 10.0 Å². The molecule has 0 saturated heterocycles. The van der Waals surface area contributed by atoms with Crippen LogP contribution in [0.1, 0.15) is 13.8 Å². The molecule has 0 N–H and O–H groups in total. The lowest BCUT2D eigenvalue weighted by molar-refractivity contribution is 0.239. The Morgan fingerprint density at radius 3 is 1.27 bits per heavy atom. The van der Waals surface area contributed by atoms with E-state index in [0.29, 0.717) is 0 Å². The Labute approximate surface area is 79.0 Å². The Bertz CT molecular complexity index is 105. The Hall–Kier alpha value is 0.717. The zero-order valence-electron chi connectivity index (χ0n) is 7.23. The van der Waals surface area contributed by atoms with Crippen LogP contribution >= 0.6 is 23.2 Å².